The Kier molecular flexibility index (Phi) is 4.07. The van der Waals surface area contributed by atoms with Crippen LogP contribution in [-0.2, 0) is 6.42 Å². The molecule has 6 heteroatoms. The number of nitrogens with zero attached hydrogens (tertiary/aromatic N) is 4. The number of aryl methyl sites for hydroxylation is 1. The van der Waals surface area contributed by atoms with E-state index in [1.165, 1.54) is 0 Å². The van der Waals surface area contributed by atoms with Gasteiger partial charge in [0, 0.05) is 28.9 Å². The lowest BCUT2D eigenvalue weighted by Crippen LogP contribution is -2.02. The topological polar surface area (TPSA) is 55.1 Å². The van der Waals surface area contributed by atoms with Crippen molar-refractivity contribution in [3.8, 4) is 0 Å². The van der Waals surface area contributed by atoms with Crippen molar-refractivity contribution < 1.29 is 0 Å². The number of fused-ring (bicyclic) bond motifs is 1. The second-order valence-corrected chi connectivity index (χ2v) is 6.25. The lowest BCUT2D eigenvalue weighted by Gasteiger charge is -2.08. The third-order valence-electron chi connectivity index (χ3n) is 3.81. The van der Waals surface area contributed by atoms with Crippen molar-refractivity contribution in [2.75, 3.05) is 5.32 Å². The highest BCUT2D eigenvalue weighted by Crippen LogP contribution is 2.19. The molecule has 0 atom stereocenters. The van der Waals surface area contributed by atoms with Crippen LogP contribution in [0, 0.1) is 6.92 Å². The van der Waals surface area contributed by atoms with Gasteiger partial charge >= 0.3 is 0 Å². The van der Waals surface area contributed by atoms with E-state index in [9.17, 15) is 0 Å². The molecular formula is C19H16ClN5. The molecule has 4 aromatic rings. The molecular weight excluding hydrogens is 334 g/mol. The predicted molar refractivity (Wildman–Crippen MR) is 99.5 cm³/mol. The first-order valence-corrected chi connectivity index (χ1v) is 8.35. The number of hydrogen-bond acceptors (Lipinski definition) is 4. The van der Waals surface area contributed by atoms with Gasteiger partial charge in [0.15, 0.2) is 5.82 Å². The van der Waals surface area contributed by atoms with Gasteiger partial charge in [-0.15, -0.1) is 5.10 Å². The number of hydrogen-bond donors (Lipinski definition) is 1. The first-order chi connectivity index (χ1) is 12.2. The Morgan fingerprint density at radius 3 is 2.52 bits per heavy atom. The van der Waals surface area contributed by atoms with Crippen molar-refractivity contribution in [3.63, 3.8) is 0 Å². The summed E-state index contributed by atoms with van der Waals surface area (Å²) in [5.74, 6) is 2.14. The summed E-state index contributed by atoms with van der Waals surface area (Å²) in [6.07, 6.45) is 0.629. The average Bonchev–Trinajstić information content (AvgIpc) is 3.00. The van der Waals surface area contributed by atoms with E-state index in [1.54, 1.807) is 4.52 Å². The molecule has 124 valence electrons. The molecule has 0 unspecified atom stereocenters. The average molecular weight is 350 g/mol. The fourth-order valence-corrected chi connectivity index (χ4v) is 2.77. The van der Waals surface area contributed by atoms with Crippen LogP contribution in [-0.4, -0.2) is 19.6 Å². The molecule has 4 rings (SSSR count). The summed E-state index contributed by atoms with van der Waals surface area (Å²) >= 11 is 5.94. The summed E-state index contributed by atoms with van der Waals surface area (Å²) in [5, 5.41) is 8.71. The van der Waals surface area contributed by atoms with Gasteiger partial charge < -0.3 is 5.32 Å². The monoisotopic (exact) mass is 349 g/mol. The Morgan fingerprint density at radius 1 is 1.00 bits per heavy atom. The largest absolute Gasteiger partial charge is 0.340 e. The number of benzene rings is 2. The molecule has 0 aliphatic rings. The van der Waals surface area contributed by atoms with E-state index in [0.717, 1.165) is 33.6 Å². The van der Waals surface area contributed by atoms with Gasteiger partial charge in [0.1, 0.15) is 5.82 Å². The molecule has 2 aromatic carbocycles. The highest BCUT2D eigenvalue weighted by molar-refractivity contribution is 6.30. The van der Waals surface area contributed by atoms with E-state index in [4.69, 9.17) is 11.6 Å². The van der Waals surface area contributed by atoms with Crippen molar-refractivity contribution >= 4 is 28.9 Å². The number of para-hydroxylation sites is 1. The number of rotatable bonds is 4. The minimum Gasteiger partial charge on any atom is -0.340 e. The van der Waals surface area contributed by atoms with Crippen LogP contribution >= 0.6 is 11.6 Å². The third kappa shape index (κ3) is 3.46. The molecule has 2 aromatic heterocycles. The van der Waals surface area contributed by atoms with Crippen molar-refractivity contribution in [1.82, 2.24) is 19.6 Å². The van der Waals surface area contributed by atoms with Gasteiger partial charge in [-0.3, -0.25) is 0 Å². The highest BCUT2D eigenvalue weighted by atomic mass is 35.5. The summed E-state index contributed by atoms with van der Waals surface area (Å²) in [4.78, 5) is 9.04. The molecule has 1 N–H and O–H groups in total. The highest BCUT2D eigenvalue weighted by Gasteiger charge is 2.11. The van der Waals surface area contributed by atoms with Crippen molar-refractivity contribution in [3.05, 3.63) is 82.8 Å². The predicted octanol–water partition coefficient (Wildman–Crippen LogP) is 4.42. The maximum atomic E-state index is 5.94. The maximum Gasteiger partial charge on any atom is 0.254 e. The molecule has 0 aliphatic heterocycles. The van der Waals surface area contributed by atoms with E-state index in [1.807, 2.05) is 67.6 Å². The zero-order valence-corrected chi connectivity index (χ0v) is 14.4. The Balaban J connectivity index is 1.69. The van der Waals surface area contributed by atoms with Crippen molar-refractivity contribution in [2.24, 2.45) is 0 Å². The molecule has 0 saturated heterocycles. The lowest BCUT2D eigenvalue weighted by molar-refractivity contribution is 0.894. The molecule has 25 heavy (non-hydrogen) atoms. The lowest BCUT2D eigenvalue weighted by atomic mass is 10.1. The van der Waals surface area contributed by atoms with Crippen LogP contribution in [0.1, 0.15) is 17.1 Å². The number of anilines is 2. The summed E-state index contributed by atoms with van der Waals surface area (Å²) in [6.45, 7) is 1.95. The SMILES string of the molecule is Cc1cc(Nc2ccccc2)n2nc(Cc3ccc(Cl)cc3)nc2n1. The van der Waals surface area contributed by atoms with Crippen LogP contribution in [0.4, 0.5) is 11.5 Å². The molecule has 0 radical (unpaired) electrons. The Hall–Kier alpha value is -2.92. The summed E-state index contributed by atoms with van der Waals surface area (Å²) in [5.41, 5.74) is 2.98. The molecule has 0 amide bonds. The fraction of sp³-hybridized carbons (Fsp3) is 0.105. The fourth-order valence-electron chi connectivity index (χ4n) is 2.65. The van der Waals surface area contributed by atoms with Gasteiger partial charge in [-0.1, -0.05) is 41.9 Å². The van der Waals surface area contributed by atoms with Crippen LogP contribution in [0.3, 0.4) is 0 Å². The molecule has 0 fully saturated rings. The maximum absolute atomic E-state index is 5.94. The van der Waals surface area contributed by atoms with E-state index in [-0.39, 0.29) is 0 Å². The standard InChI is InChI=1S/C19H16ClN5/c1-13-11-18(22-16-5-3-2-4-6-16)25-19(21-13)23-17(24-25)12-14-7-9-15(20)10-8-14/h2-11,22H,12H2,1H3. The summed E-state index contributed by atoms with van der Waals surface area (Å²) < 4.78 is 1.74. The summed E-state index contributed by atoms with van der Waals surface area (Å²) in [7, 11) is 0. The first-order valence-electron chi connectivity index (χ1n) is 7.97. The van der Waals surface area contributed by atoms with Crippen LogP contribution < -0.4 is 5.32 Å². The normalized spacial score (nSPS) is 11.0. The van der Waals surface area contributed by atoms with Gasteiger partial charge in [-0.2, -0.15) is 9.50 Å². The van der Waals surface area contributed by atoms with Gasteiger partial charge in [0.25, 0.3) is 5.78 Å². The quantitative estimate of drug-likeness (QED) is 0.592. The number of halogens is 1. The Bertz CT molecular complexity index is 1010. The van der Waals surface area contributed by atoms with Gasteiger partial charge in [-0.05, 0) is 36.8 Å². The smallest absolute Gasteiger partial charge is 0.254 e. The van der Waals surface area contributed by atoms with Gasteiger partial charge in [0.05, 0.1) is 0 Å². The van der Waals surface area contributed by atoms with Crippen LogP contribution in [0.25, 0.3) is 5.78 Å². The van der Waals surface area contributed by atoms with E-state index in [2.05, 4.69) is 20.4 Å². The summed E-state index contributed by atoms with van der Waals surface area (Å²) in [6, 6.07) is 19.6. The Morgan fingerprint density at radius 2 is 1.76 bits per heavy atom. The second kappa shape index (κ2) is 6.53. The van der Waals surface area contributed by atoms with E-state index >= 15 is 0 Å². The van der Waals surface area contributed by atoms with Gasteiger partial charge in [0.2, 0.25) is 0 Å². The number of aromatic nitrogens is 4. The minimum absolute atomic E-state index is 0.586. The second-order valence-electron chi connectivity index (χ2n) is 5.82. The third-order valence-corrected chi connectivity index (χ3v) is 4.06. The van der Waals surface area contributed by atoms with Crippen LogP contribution in [0.15, 0.2) is 60.7 Å². The van der Waals surface area contributed by atoms with Crippen molar-refractivity contribution in [1.29, 1.82) is 0 Å². The molecule has 0 saturated carbocycles. The minimum atomic E-state index is 0.586. The zero-order chi connectivity index (χ0) is 17.2. The molecule has 0 bridgehead atoms. The molecule has 2 heterocycles. The number of nitrogens with one attached hydrogen (secondary N) is 1. The van der Waals surface area contributed by atoms with Gasteiger partial charge in [-0.25, -0.2) is 4.98 Å². The first kappa shape index (κ1) is 15.6. The van der Waals surface area contributed by atoms with Crippen LogP contribution in [0.5, 0.6) is 0 Å². The zero-order valence-electron chi connectivity index (χ0n) is 13.6. The van der Waals surface area contributed by atoms with Crippen molar-refractivity contribution in [2.45, 2.75) is 13.3 Å². The Labute approximate surface area is 150 Å². The van der Waals surface area contributed by atoms with E-state index < -0.39 is 0 Å². The van der Waals surface area contributed by atoms with E-state index in [0.29, 0.717) is 12.2 Å². The molecule has 0 spiro atoms. The molecule has 0 aliphatic carbocycles. The molecule has 5 nitrogen and oxygen atoms in total. The van der Waals surface area contributed by atoms with Crippen LogP contribution in [0.2, 0.25) is 5.02 Å².